The normalized spacial score (nSPS) is 12.3. The van der Waals surface area contributed by atoms with Crippen molar-refractivity contribution in [3.05, 3.63) is 59.1 Å². The first-order valence-corrected chi connectivity index (χ1v) is 6.91. The summed E-state index contributed by atoms with van der Waals surface area (Å²) >= 11 is 6.18. The molecular formula is C15H18ClN3. The van der Waals surface area contributed by atoms with Gasteiger partial charge in [0.05, 0.1) is 16.8 Å². The van der Waals surface area contributed by atoms with Crippen LogP contribution < -0.4 is 5.32 Å². The number of nitrogens with zero attached hydrogens (tertiary/aromatic N) is 2. The van der Waals surface area contributed by atoms with Crippen molar-refractivity contribution in [3.8, 4) is 0 Å². The highest BCUT2D eigenvalue weighted by atomic mass is 35.5. The molecule has 0 amide bonds. The van der Waals surface area contributed by atoms with E-state index in [0.717, 1.165) is 30.6 Å². The Morgan fingerprint density at radius 3 is 2.84 bits per heavy atom. The van der Waals surface area contributed by atoms with Crippen molar-refractivity contribution in [1.29, 1.82) is 0 Å². The molecule has 2 aromatic heterocycles. The van der Waals surface area contributed by atoms with Gasteiger partial charge >= 0.3 is 0 Å². The molecule has 0 saturated carbocycles. The van der Waals surface area contributed by atoms with Crippen molar-refractivity contribution in [2.75, 3.05) is 6.54 Å². The van der Waals surface area contributed by atoms with Gasteiger partial charge in [-0.15, -0.1) is 0 Å². The Hall–Kier alpha value is -1.45. The van der Waals surface area contributed by atoms with E-state index in [1.54, 1.807) is 12.4 Å². The Bertz CT molecular complexity index is 502. The summed E-state index contributed by atoms with van der Waals surface area (Å²) < 4.78 is 0. The van der Waals surface area contributed by atoms with Crippen molar-refractivity contribution in [2.45, 2.75) is 25.8 Å². The van der Waals surface area contributed by atoms with Gasteiger partial charge in [0.1, 0.15) is 0 Å². The maximum Gasteiger partial charge on any atom is 0.0622 e. The second-order valence-corrected chi connectivity index (χ2v) is 4.84. The zero-order chi connectivity index (χ0) is 13.5. The summed E-state index contributed by atoms with van der Waals surface area (Å²) in [5.41, 5.74) is 2.14. The predicted molar refractivity (Wildman–Crippen MR) is 78.2 cm³/mol. The lowest BCUT2D eigenvalue weighted by atomic mass is 10.0. The second-order valence-electron chi connectivity index (χ2n) is 4.43. The lowest BCUT2D eigenvalue weighted by Crippen LogP contribution is -2.25. The summed E-state index contributed by atoms with van der Waals surface area (Å²) in [5, 5.41) is 4.23. The molecule has 0 radical (unpaired) electrons. The van der Waals surface area contributed by atoms with Crippen molar-refractivity contribution in [1.82, 2.24) is 15.3 Å². The van der Waals surface area contributed by atoms with E-state index in [4.69, 9.17) is 11.6 Å². The monoisotopic (exact) mass is 275 g/mol. The summed E-state index contributed by atoms with van der Waals surface area (Å²) in [6.45, 7) is 3.12. The molecule has 2 aromatic rings. The number of pyridine rings is 2. The number of hydrogen-bond donors (Lipinski definition) is 1. The number of aromatic nitrogens is 2. The Morgan fingerprint density at radius 1 is 1.26 bits per heavy atom. The van der Waals surface area contributed by atoms with Crippen LogP contribution in [0, 0.1) is 0 Å². The molecule has 19 heavy (non-hydrogen) atoms. The largest absolute Gasteiger partial charge is 0.308 e. The molecule has 1 unspecified atom stereocenters. The minimum Gasteiger partial charge on any atom is -0.308 e. The summed E-state index contributed by atoms with van der Waals surface area (Å²) in [6.07, 6.45) is 7.19. The first-order valence-electron chi connectivity index (χ1n) is 6.54. The zero-order valence-electron chi connectivity index (χ0n) is 11.0. The molecule has 0 saturated heterocycles. The summed E-state index contributed by atoms with van der Waals surface area (Å²) in [7, 11) is 0. The van der Waals surface area contributed by atoms with Gasteiger partial charge in [-0.3, -0.25) is 9.97 Å². The van der Waals surface area contributed by atoms with Crippen LogP contribution in [-0.2, 0) is 6.42 Å². The average molecular weight is 276 g/mol. The predicted octanol–water partition coefficient (Wildman–Crippen LogP) is 3.41. The van der Waals surface area contributed by atoms with Crippen LogP contribution in [0.3, 0.4) is 0 Å². The molecule has 0 aliphatic rings. The fourth-order valence-electron chi connectivity index (χ4n) is 1.97. The maximum absolute atomic E-state index is 6.18. The molecule has 2 rings (SSSR count). The third-order valence-corrected chi connectivity index (χ3v) is 3.31. The molecule has 4 heteroatoms. The standard InChI is InChI=1S/C15H18ClN3/c1-2-7-18-15(14-5-3-4-8-19-14)10-12-6-9-17-11-13(12)16/h3-6,8-9,11,15,18H,2,7,10H2,1H3. The lowest BCUT2D eigenvalue weighted by Gasteiger charge is -2.18. The van der Waals surface area contributed by atoms with E-state index in [9.17, 15) is 0 Å². The molecule has 0 fully saturated rings. The highest BCUT2D eigenvalue weighted by Crippen LogP contribution is 2.21. The van der Waals surface area contributed by atoms with E-state index in [-0.39, 0.29) is 6.04 Å². The minimum atomic E-state index is 0.182. The van der Waals surface area contributed by atoms with E-state index in [1.165, 1.54) is 0 Å². The van der Waals surface area contributed by atoms with Crippen LogP contribution in [0.5, 0.6) is 0 Å². The molecule has 0 aliphatic carbocycles. The SMILES string of the molecule is CCCNC(Cc1ccncc1Cl)c1ccccn1. The number of nitrogens with one attached hydrogen (secondary N) is 1. The highest BCUT2D eigenvalue weighted by molar-refractivity contribution is 6.31. The summed E-state index contributed by atoms with van der Waals surface area (Å²) in [6, 6.07) is 8.13. The van der Waals surface area contributed by atoms with Crippen molar-refractivity contribution < 1.29 is 0 Å². The van der Waals surface area contributed by atoms with Gasteiger partial charge < -0.3 is 5.32 Å². The fraction of sp³-hybridized carbons (Fsp3) is 0.333. The van der Waals surface area contributed by atoms with Gasteiger partial charge in [0.25, 0.3) is 0 Å². The number of rotatable bonds is 6. The van der Waals surface area contributed by atoms with Gasteiger partial charge in [-0.05, 0) is 43.1 Å². The third kappa shape index (κ3) is 4.01. The molecule has 0 bridgehead atoms. The molecular weight excluding hydrogens is 258 g/mol. The van der Waals surface area contributed by atoms with Crippen LogP contribution in [0.1, 0.15) is 30.6 Å². The van der Waals surface area contributed by atoms with Gasteiger partial charge in [0.2, 0.25) is 0 Å². The molecule has 1 N–H and O–H groups in total. The molecule has 2 heterocycles. The van der Waals surface area contributed by atoms with Crippen LogP contribution >= 0.6 is 11.6 Å². The average Bonchev–Trinajstić information content (AvgIpc) is 2.46. The molecule has 0 aromatic carbocycles. The number of halogens is 1. The highest BCUT2D eigenvalue weighted by Gasteiger charge is 2.14. The maximum atomic E-state index is 6.18. The van der Waals surface area contributed by atoms with Crippen molar-refractivity contribution in [2.24, 2.45) is 0 Å². The van der Waals surface area contributed by atoms with Crippen LogP contribution in [0.2, 0.25) is 5.02 Å². The van der Waals surface area contributed by atoms with E-state index < -0.39 is 0 Å². The smallest absolute Gasteiger partial charge is 0.0622 e. The van der Waals surface area contributed by atoms with Gasteiger partial charge in [0.15, 0.2) is 0 Å². The van der Waals surface area contributed by atoms with E-state index >= 15 is 0 Å². The summed E-state index contributed by atoms with van der Waals surface area (Å²) in [5.74, 6) is 0. The second kappa shape index (κ2) is 7.22. The van der Waals surface area contributed by atoms with Crippen LogP contribution in [-0.4, -0.2) is 16.5 Å². The van der Waals surface area contributed by atoms with Gasteiger partial charge in [-0.2, -0.15) is 0 Å². The van der Waals surface area contributed by atoms with E-state index in [2.05, 4.69) is 22.2 Å². The number of hydrogen-bond acceptors (Lipinski definition) is 3. The quantitative estimate of drug-likeness (QED) is 0.878. The van der Waals surface area contributed by atoms with Gasteiger partial charge in [0, 0.05) is 18.6 Å². The Kier molecular flexibility index (Phi) is 5.31. The Balaban J connectivity index is 2.17. The zero-order valence-corrected chi connectivity index (χ0v) is 11.8. The summed E-state index contributed by atoms with van der Waals surface area (Å²) in [4.78, 5) is 8.46. The van der Waals surface area contributed by atoms with Crippen LogP contribution in [0.25, 0.3) is 0 Å². The van der Waals surface area contributed by atoms with Gasteiger partial charge in [-0.25, -0.2) is 0 Å². The first kappa shape index (κ1) is 14.0. The van der Waals surface area contributed by atoms with Crippen molar-refractivity contribution >= 4 is 11.6 Å². The molecule has 100 valence electrons. The Labute approximate surface area is 119 Å². The van der Waals surface area contributed by atoms with E-state index in [0.29, 0.717) is 5.02 Å². The minimum absolute atomic E-state index is 0.182. The van der Waals surface area contributed by atoms with Crippen LogP contribution in [0.4, 0.5) is 0 Å². The molecule has 1 atom stereocenters. The molecule has 3 nitrogen and oxygen atoms in total. The first-order chi connectivity index (χ1) is 9.31. The Morgan fingerprint density at radius 2 is 2.16 bits per heavy atom. The topological polar surface area (TPSA) is 37.8 Å². The van der Waals surface area contributed by atoms with Crippen molar-refractivity contribution in [3.63, 3.8) is 0 Å². The molecule has 0 spiro atoms. The van der Waals surface area contributed by atoms with Crippen LogP contribution in [0.15, 0.2) is 42.9 Å². The van der Waals surface area contributed by atoms with Gasteiger partial charge in [-0.1, -0.05) is 24.6 Å². The fourth-order valence-corrected chi connectivity index (χ4v) is 2.17. The molecule has 0 aliphatic heterocycles. The third-order valence-electron chi connectivity index (χ3n) is 2.97. The van der Waals surface area contributed by atoms with E-state index in [1.807, 2.05) is 30.5 Å². The lowest BCUT2D eigenvalue weighted by molar-refractivity contribution is 0.518.